The SMILES string of the molecule is Nc1cccc(Nc2ccc(Cl)c(Br)c2)c1[N+](=O)[O-]. The molecular weight excluding hydrogens is 334 g/mol. The zero-order chi connectivity index (χ0) is 14.0. The Hall–Kier alpha value is -1.79. The van der Waals surface area contributed by atoms with E-state index in [1.54, 1.807) is 30.3 Å². The summed E-state index contributed by atoms with van der Waals surface area (Å²) in [5.74, 6) is 0. The van der Waals surface area contributed by atoms with E-state index in [0.29, 0.717) is 20.9 Å². The molecule has 2 aromatic carbocycles. The van der Waals surface area contributed by atoms with Crippen molar-refractivity contribution in [3.63, 3.8) is 0 Å². The van der Waals surface area contributed by atoms with Crippen LogP contribution in [0.5, 0.6) is 0 Å². The quantitative estimate of drug-likeness (QED) is 0.494. The van der Waals surface area contributed by atoms with Gasteiger partial charge in [-0.3, -0.25) is 10.1 Å². The summed E-state index contributed by atoms with van der Waals surface area (Å²) in [5.41, 5.74) is 6.59. The van der Waals surface area contributed by atoms with Crippen molar-refractivity contribution in [1.29, 1.82) is 0 Å². The van der Waals surface area contributed by atoms with Crippen molar-refractivity contribution < 1.29 is 4.92 Å². The van der Waals surface area contributed by atoms with Gasteiger partial charge in [-0.15, -0.1) is 0 Å². The van der Waals surface area contributed by atoms with Crippen LogP contribution in [0.4, 0.5) is 22.7 Å². The highest BCUT2D eigenvalue weighted by atomic mass is 79.9. The number of nitrogen functional groups attached to an aromatic ring is 1. The molecule has 3 N–H and O–H groups in total. The summed E-state index contributed by atoms with van der Waals surface area (Å²) >= 11 is 9.18. The number of nitrogens with one attached hydrogen (secondary N) is 1. The van der Waals surface area contributed by atoms with Crippen LogP contribution >= 0.6 is 27.5 Å². The van der Waals surface area contributed by atoms with Gasteiger partial charge in [-0.05, 0) is 46.3 Å². The first-order valence-electron chi connectivity index (χ1n) is 5.24. The summed E-state index contributed by atoms with van der Waals surface area (Å²) in [6, 6.07) is 9.87. The molecule has 0 aliphatic carbocycles. The molecule has 0 aliphatic heterocycles. The van der Waals surface area contributed by atoms with E-state index in [2.05, 4.69) is 21.2 Å². The highest BCUT2D eigenvalue weighted by molar-refractivity contribution is 9.10. The first kappa shape index (κ1) is 13.6. The second-order valence-electron chi connectivity index (χ2n) is 3.75. The van der Waals surface area contributed by atoms with Gasteiger partial charge in [-0.2, -0.15) is 0 Å². The molecule has 5 nitrogen and oxygen atoms in total. The summed E-state index contributed by atoms with van der Waals surface area (Å²) in [6.45, 7) is 0. The van der Waals surface area contributed by atoms with Gasteiger partial charge in [0, 0.05) is 10.2 Å². The summed E-state index contributed by atoms with van der Waals surface area (Å²) in [4.78, 5) is 10.5. The number of nitro benzene ring substituents is 1. The highest BCUT2D eigenvalue weighted by Crippen LogP contribution is 2.34. The molecule has 0 unspecified atom stereocenters. The van der Waals surface area contributed by atoms with E-state index in [1.165, 1.54) is 6.07 Å². The van der Waals surface area contributed by atoms with Crippen LogP contribution in [0, 0.1) is 10.1 Å². The Kier molecular flexibility index (Phi) is 3.92. The number of nitrogens with two attached hydrogens (primary N) is 1. The van der Waals surface area contributed by atoms with Crippen molar-refractivity contribution in [3.05, 3.63) is 56.0 Å². The normalized spacial score (nSPS) is 10.2. The van der Waals surface area contributed by atoms with Crippen LogP contribution in [0.3, 0.4) is 0 Å². The van der Waals surface area contributed by atoms with E-state index in [4.69, 9.17) is 17.3 Å². The molecule has 2 rings (SSSR count). The zero-order valence-electron chi connectivity index (χ0n) is 9.56. The molecule has 19 heavy (non-hydrogen) atoms. The number of halogens is 2. The molecule has 0 fully saturated rings. The summed E-state index contributed by atoms with van der Waals surface area (Å²) < 4.78 is 0.700. The van der Waals surface area contributed by atoms with Crippen LogP contribution in [0.15, 0.2) is 40.9 Å². The Balaban J connectivity index is 2.40. The average Bonchev–Trinajstić information content (AvgIpc) is 2.33. The fourth-order valence-electron chi connectivity index (χ4n) is 1.60. The number of hydrogen-bond acceptors (Lipinski definition) is 4. The van der Waals surface area contributed by atoms with Gasteiger partial charge in [0.1, 0.15) is 11.4 Å². The van der Waals surface area contributed by atoms with Crippen molar-refractivity contribution in [2.75, 3.05) is 11.1 Å². The Morgan fingerprint density at radius 3 is 2.68 bits per heavy atom. The topological polar surface area (TPSA) is 81.2 Å². The lowest BCUT2D eigenvalue weighted by molar-refractivity contribution is -0.383. The molecule has 0 bridgehead atoms. The molecule has 0 amide bonds. The van der Waals surface area contributed by atoms with E-state index in [-0.39, 0.29) is 11.4 Å². The van der Waals surface area contributed by atoms with Crippen LogP contribution in [0.2, 0.25) is 5.02 Å². The maximum absolute atomic E-state index is 11.0. The van der Waals surface area contributed by atoms with E-state index >= 15 is 0 Å². The molecule has 7 heteroatoms. The van der Waals surface area contributed by atoms with Gasteiger partial charge in [0.05, 0.1) is 9.95 Å². The number of anilines is 3. The van der Waals surface area contributed by atoms with Crippen LogP contribution in [-0.4, -0.2) is 4.92 Å². The second-order valence-corrected chi connectivity index (χ2v) is 5.02. The minimum absolute atomic E-state index is 0.114. The fourth-order valence-corrected chi connectivity index (χ4v) is 2.09. The van der Waals surface area contributed by atoms with E-state index in [9.17, 15) is 10.1 Å². The number of benzene rings is 2. The minimum Gasteiger partial charge on any atom is -0.393 e. The van der Waals surface area contributed by atoms with Crippen molar-refractivity contribution >= 4 is 50.3 Å². The predicted octanol–water partition coefficient (Wildman–Crippen LogP) is 4.34. The van der Waals surface area contributed by atoms with Gasteiger partial charge in [0.15, 0.2) is 0 Å². The van der Waals surface area contributed by atoms with Crippen molar-refractivity contribution in [2.45, 2.75) is 0 Å². The largest absolute Gasteiger partial charge is 0.393 e. The van der Waals surface area contributed by atoms with Crippen LogP contribution in [-0.2, 0) is 0 Å². The van der Waals surface area contributed by atoms with E-state index in [0.717, 1.165) is 0 Å². The van der Waals surface area contributed by atoms with Gasteiger partial charge in [0.2, 0.25) is 0 Å². The summed E-state index contributed by atoms with van der Waals surface area (Å²) in [6.07, 6.45) is 0. The maximum Gasteiger partial charge on any atom is 0.315 e. The summed E-state index contributed by atoms with van der Waals surface area (Å²) in [7, 11) is 0. The Morgan fingerprint density at radius 2 is 2.05 bits per heavy atom. The number of rotatable bonds is 3. The fraction of sp³-hybridized carbons (Fsp3) is 0. The van der Waals surface area contributed by atoms with Crippen molar-refractivity contribution in [3.8, 4) is 0 Å². The Bertz CT molecular complexity index is 649. The molecule has 0 saturated carbocycles. The lowest BCUT2D eigenvalue weighted by Gasteiger charge is -2.09. The molecule has 0 heterocycles. The smallest absolute Gasteiger partial charge is 0.315 e. The number of nitro groups is 1. The van der Waals surface area contributed by atoms with Gasteiger partial charge >= 0.3 is 5.69 Å². The molecule has 0 atom stereocenters. The standard InChI is InChI=1S/C12H9BrClN3O2/c13-8-6-7(4-5-9(8)14)16-11-3-1-2-10(15)12(11)17(18)19/h1-6,16H,15H2. The summed E-state index contributed by atoms with van der Waals surface area (Å²) in [5, 5.41) is 14.5. The Morgan fingerprint density at radius 1 is 1.32 bits per heavy atom. The third kappa shape index (κ3) is 2.97. The van der Waals surface area contributed by atoms with Crippen LogP contribution in [0.1, 0.15) is 0 Å². The maximum atomic E-state index is 11.0. The second kappa shape index (κ2) is 5.46. The Labute approximate surface area is 122 Å². The lowest BCUT2D eigenvalue weighted by atomic mass is 10.2. The molecule has 2 aromatic rings. The molecule has 0 aliphatic rings. The predicted molar refractivity (Wildman–Crippen MR) is 79.9 cm³/mol. The van der Waals surface area contributed by atoms with Crippen LogP contribution in [0.25, 0.3) is 0 Å². The van der Waals surface area contributed by atoms with Crippen LogP contribution < -0.4 is 11.1 Å². The molecule has 0 spiro atoms. The monoisotopic (exact) mass is 341 g/mol. The molecule has 0 aromatic heterocycles. The number of hydrogen-bond donors (Lipinski definition) is 2. The van der Waals surface area contributed by atoms with Crippen molar-refractivity contribution in [1.82, 2.24) is 0 Å². The van der Waals surface area contributed by atoms with E-state index < -0.39 is 4.92 Å². The third-order valence-corrected chi connectivity index (χ3v) is 3.66. The number of para-hydroxylation sites is 1. The lowest BCUT2D eigenvalue weighted by Crippen LogP contribution is -2.00. The van der Waals surface area contributed by atoms with Gasteiger partial charge in [0.25, 0.3) is 0 Å². The van der Waals surface area contributed by atoms with Gasteiger partial charge in [-0.1, -0.05) is 17.7 Å². The van der Waals surface area contributed by atoms with E-state index in [1.807, 2.05) is 0 Å². The molecule has 0 saturated heterocycles. The highest BCUT2D eigenvalue weighted by Gasteiger charge is 2.17. The first-order valence-corrected chi connectivity index (χ1v) is 6.41. The number of nitrogens with zero attached hydrogens (tertiary/aromatic N) is 1. The minimum atomic E-state index is -0.511. The molecule has 0 radical (unpaired) electrons. The first-order chi connectivity index (χ1) is 8.99. The zero-order valence-corrected chi connectivity index (χ0v) is 11.9. The van der Waals surface area contributed by atoms with Gasteiger partial charge in [-0.25, -0.2) is 0 Å². The average molecular weight is 343 g/mol. The van der Waals surface area contributed by atoms with Gasteiger partial charge < -0.3 is 11.1 Å². The third-order valence-electron chi connectivity index (χ3n) is 2.45. The van der Waals surface area contributed by atoms with Crippen molar-refractivity contribution in [2.24, 2.45) is 0 Å². The molecular formula is C12H9BrClN3O2. The molecule has 98 valence electrons.